The molecule has 1 N–H and O–H groups in total. The quantitative estimate of drug-likeness (QED) is 0.339. The Hall–Kier alpha value is -3.37. The third-order valence-corrected chi connectivity index (χ3v) is 6.94. The molecule has 11 heteroatoms. The van der Waals surface area contributed by atoms with E-state index in [0.29, 0.717) is 16.7 Å². The van der Waals surface area contributed by atoms with Crippen molar-refractivity contribution in [3.8, 4) is 11.4 Å². The summed E-state index contributed by atoms with van der Waals surface area (Å²) in [5.74, 6) is 0.535. The van der Waals surface area contributed by atoms with Gasteiger partial charge in [0.2, 0.25) is 0 Å². The van der Waals surface area contributed by atoms with E-state index in [4.69, 9.17) is 16.3 Å². The molecule has 6 nitrogen and oxygen atoms in total. The van der Waals surface area contributed by atoms with E-state index in [1.807, 2.05) is 24.4 Å². The number of ether oxygens (including phenoxy) is 1. The lowest BCUT2D eigenvalue weighted by Gasteiger charge is -2.18. The zero-order valence-corrected chi connectivity index (χ0v) is 19.5. The number of nitrogens with one attached hydrogen (secondary N) is 1. The molecule has 0 saturated carbocycles. The van der Waals surface area contributed by atoms with Crippen LogP contribution in [0.25, 0.3) is 16.6 Å². The van der Waals surface area contributed by atoms with Gasteiger partial charge in [-0.15, -0.1) is 0 Å². The summed E-state index contributed by atoms with van der Waals surface area (Å²) in [5.41, 5.74) is -0.866. The minimum Gasteiger partial charge on any atom is -0.495 e. The Morgan fingerprint density at radius 3 is 2.59 bits per heavy atom. The normalized spacial score (nSPS) is 12.6. The summed E-state index contributed by atoms with van der Waals surface area (Å²) in [6, 6.07) is 12.1. The van der Waals surface area contributed by atoms with Crippen molar-refractivity contribution in [2.24, 2.45) is 0 Å². The number of pyridine rings is 1. The van der Waals surface area contributed by atoms with Gasteiger partial charge in [-0.1, -0.05) is 22.3 Å². The van der Waals surface area contributed by atoms with Gasteiger partial charge in [-0.25, -0.2) is 9.97 Å². The second-order valence-corrected chi connectivity index (χ2v) is 9.23. The average molecular weight is 507 g/mol. The first-order chi connectivity index (χ1) is 16.2. The van der Waals surface area contributed by atoms with Crippen LogP contribution < -0.4 is 15.0 Å². The number of rotatable bonds is 5. The second-order valence-electron chi connectivity index (χ2n) is 7.00. The number of anilines is 1. The number of alkyl halides is 3. The van der Waals surface area contributed by atoms with Crippen LogP contribution in [0.5, 0.6) is 5.75 Å². The van der Waals surface area contributed by atoms with Crippen LogP contribution in [0.3, 0.4) is 0 Å². The molecule has 1 atom stereocenters. The maximum Gasteiger partial charge on any atom is 0.417 e. The van der Waals surface area contributed by atoms with Crippen molar-refractivity contribution in [1.29, 1.82) is 0 Å². The number of hydrogen-bond acceptors (Lipinski definition) is 5. The molecule has 0 aliphatic carbocycles. The number of fused-ring (bicyclic) bond motifs is 1. The van der Waals surface area contributed by atoms with E-state index < -0.39 is 33.0 Å². The van der Waals surface area contributed by atoms with Gasteiger partial charge in [-0.3, -0.25) is 9.36 Å². The van der Waals surface area contributed by atoms with Crippen molar-refractivity contribution in [2.45, 2.75) is 18.0 Å². The van der Waals surface area contributed by atoms with Crippen LogP contribution in [0.1, 0.15) is 12.5 Å². The van der Waals surface area contributed by atoms with Gasteiger partial charge in [-0.05, 0) is 60.1 Å². The zero-order valence-electron chi connectivity index (χ0n) is 17.9. The number of methoxy groups -OCH3 is 1. The van der Waals surface area contributed by atoms with Crippen molar-refractivity contribution in [1.82, 2.24) is 14.5 Å². The molecule has 0 spiro atoms. The monoisotopic (exact) mass is 506 g/mol. The molecule has 0 bridgehead atoms. The van der Waals surface area contributed by atoms with E-state index >= 15 is 0 Å². The van der Waals surface area contributed by atoms with E-state index in [-0.39, 0.29) is 11.4 Å². The Morgan fingerprint density at radius 2 is 1.94 bits per heavy atom. The van der Waals surface area contributed by atoms with Gasteiger partial charge in [0, 0.05) is 17.2 Å². The third kappa shape index (κ3) is 4.64. The lowest BCUT2D eigenvalue weighted by molar-refractivity contribution is -0.137. The van der Waals surface area contributed by atoms with E-state index in [1.165, 1.54) is 24.1 Å². The van der Waals surface area contributed by atoms with Gasteiger partial charge in [-0.2, -0.15) is 13.2 Å². The lowest BCUT2D eigenvalue weighted by Crippen LogP contribution is -2.19. The Kier molecular flexibility index (Phi) is 6.63. The van der Waals surface area contributed by atoms with Crippen molar-refractivity contribution in [3.63, 3.8) is 0 Å². The first kappa shape index (κ1) is 23.8. The Morgan fingerprint density at radius 1 is 1.15 bits per heavy atom. The number of benzene rings is 2. The van der Waals surface area contributed by atoms with Crippen LogP contribution in [0.15, 0.2) is 70.7 Å². The van der Waals surface area contributed by atoms with Crippen molar-refractivity contribution < 1.29 is 17.9 Å². The summed E-state index contributed by atoms with van der Waals surface area (Å²) < 4.78 is 49.8. The first-order valence-electron chi connectivity index (χ1n) is 9.89. The Labute approximate surface area is 200 Å². The summed E-state index contributed by atoms with van der Waals surface area (Å²) in [6.07, 6.45) is -1.58. The predicted molar refractivity (Wildman–Crippen MR) is 129 cm³/mol. The van der Waals surface area contributed by atoms with Gasteiger partial charge in [0.05, 0.1) is 28.9 Å². The van der Waals surface area contributed by atoms with E-state index in [2.05, 4.69) is 14.7 Å². The summed E-state index contributed by atoms with van der Waals surface area (Å²) in [4.78, 5) is 21.8. The maximum absolute atomic E-state index is 13.3. The van der Waals surface area contributed by atoms with Crippen LogP contribution in [0.2, 0.25) is 5.02 Å². The topological polar surface area (TPSA) is 69.0 Å². The number of halogens is 4. The Balaban J connectivity index is 1.85. The standard InChI is InChI=1S/C23H18ClF3N4O2S/c1-3-34(30-21-8-9-28-13-29-21)15-5-6-18-14(10-15)4-7-22(32)31(18)19-12-17(24)16(23(25,26)27)11-20(19)33-2/h3-13H,1-2H3,(H,28,29,30). The van der Waals surface area contributed by atoms with Crippen molar-refractivity contribution in [2.75, 3.05) is 11.8 Å². The van der Waals surface area contributed by atoms with Gasteiger partial charge in [0.25, 0.3) is 5.56 Å². The van der Waals surface area contributed by atoms with Crippen LogP contribution in [-0.4, -0.2) is 27.0 Å². The second kappa shape index (κ2) is 9.47. The fraction of sp³-hybridized carbons (Fsp3) is 0.130. The summed E-state index contributed by atoms with van der Waals surface area (Å²) >= 11 is 5.95. The zero-order chi connectivity index (χ0) is 24.5. The van der Waals surface area contributed by atoms with Crippen LogP contribution in [0.4, 0.5) is 19.0 Å². The van der Waals surface area contributed by atoms with Gasteiger partial charge >= 0.3 is 6.18 Å². The number of aromatic nitrogens is 3. The van der Waals surface area contributed by atoms with E-state index in [0.717, 1.165) is 17.0 Å². The highest BCUT2D eigenvalue weighted by Crippen LogP contribution is 2.40. The highest BCUT2D eigenvalue weighted by molar-refractivity contribution is 8.16. The molecular formula is C23H18ClF3N4O2S. The lowest BCUT2D eigenvalue weighted by atomic mass is 10.1. The summed E-state index contributed by atoms with van der Waals surface area (Å²) in [7, 11) is 0.734. The fourth-order valence-corrected chi connectivity index (χ4v) is 5.01. The minimum atomic E-state index is -4.66. The SMILES string of the molecule is C/C=S(\Nc1ccncn1)c1ccc2c(ccc(=O)n2-c2cc(Cl)c(C(F)(F)F)cc2OC)c1. The van der Waals surface area contributed by atoms with Crippen molar-refractivity contribution in [3.05, 3.63) is 82.0 Å². The molecule has 2 aromatic carbocycles. The van der Waals surface area contributed by atoms with Gasteiger partial charge < -0.3 is 9.46 Å². The highest BCUT2D eigenvalue weighted by atomic mass is 35.5. The number of nitrogens with zero attached hydrogens (tertiary/aromatic N) is 3. The molecule has 0 radical (unpaired) electrons. The molecule has 0 aliphatic rings. The molecule has 0 amide bonds. The highest BCUT2D eigenvalue weighted by Gasteiger charge is 2.34. The number of hydrogen-bond donors (Lipinski definition) is 1. The Bertz CT molecular complexity index is 1460. The third-order valence-electron chi connectivity index (χ3n) is 4.97. The first-order valence-corrected chi connectivity index (χ1v) is 11.6. The smallest absolute Gasteiger partial charge is 0.417 e. The minimum absolute atomic E-state index is 0.115. The maximum atomic E-state index is 13.3. The molecule has 4 aromatic rings. The summed E-state index contributed by atoms with van der Waals surface area (Å²) in [5, 5.41) is 2.16. The molecule has 34 heavy (non-hydrogen) atoms. The van der Waals surface area contributed by atoms with Gasteiger partial charge in [0.1, 0.15) is 17.9 Å². The van der Waals surface area contributed by atoms with Gasteiger partial charge in [0.15, 0.2) is 0 Å². The van der Waals surface area contributed by atoms with E-state index in [9.17, 15) is 18.0 Å². The van der Waals surface area contributed by atoms with Crippen LogP contribution in [0, 0.1) is 0 Å². The molecule has 1 unspecified atom stereocenters. The molecular weight excluding hydrogens is 489 g/mol. The molecule has 0 saturated heterocycles. The average Bonchev–Trinajstić information content (AvgIpc) is 2.82. The molecule has 4 rings (SSSR count). The largest absolute Gasteiger partial charge is 0.495 e. The van der Waals surface area contributed by atoms with Crippen molar-refractivity contribution >= 4 is 44.4 Å². The van der Waals surface area contributed by atoms with E-state index in [1.54, 1.807) is 24.4 Å². The molecule has 2 aromatic heterocycles. The molecule has 176 valence electrons. The van der Waals surface area contributed by atoms with Crippen LogP contribution in [-0.2, 0) is 6.18 Å². The molecule has 0 aliphatic heterocycles. The van der Waals surface area contributed by atoms with Crippen LogP contribution >= 0.6 is 22.3 Å². The predicted octanol–water partition coefficient (Wildman–Crippen LogP) is 5.94. The summed E-state index contributed by atoms with van der Waals surface area (Å²) in [6.45, 7) is 1.91. The molecule has 2 heterocycles. The fourth-order valence-electron chi connectivity index (χ4n) is 3.43. The molecule has 0 fully saturated rings.